The average molecular weight is 223 g/mol. The Morgan fingerprint density at radius 1 is 1.57 bits per heavy atom. The van der Waals surface area contributed by atoms with E-state index in [0.717, 1.165) is 10.7 Å². The highest BCUT2D eigenvalue weighted by Gasteiger charge is 2.25. The highest BCUT2D eigenvalue weighted by Crippen LogP contribution is 2.35. The molecule has 0 aromatic carbocycles. The third-order valence-electron chi connectivity index (χ3n) is 2.31. The molecule has 1 saturated carbocycles. The zero-order chi connectivity index (χ0) is 9.54. The van der Waals surface area contributed by atoms with Gasteiger partial charge in [0.2, 0.25) is 4.77 Å². The van der Waals surface area contributed by atoms with E-state index in [-0.39, 0.29) is 0 Å². The number of rotatable bonds is 2. The summed E-state index contributed by atoms with van der Waals surface area (Å²) in [6, 6.07) is 4.64. The quantitative estimate of drug-likeness (QED) is 0.794. The normalized spacial score (nSPS) is 16.0. The van der Waals surface area contributed by atoms with E-state index in [1.54, 1.807) is 11.3 Å². The van der Waals surface area contributed by atoms with Gasteiger partial charge in [-0.25, -0.2) is 0 Å². The van der Waals surface area contributed by atoms with Crippen LogP contribution in [-0.2, 0) is 0 Å². The van der Waals surface area contributed by atoms with Gasteiger partial charge in [-0.3, -0.25) is 9.78 Å². The lowest BCUT2D eigenvalue weighted by molar-refractivity contribution is 0.632. The predicted molar refractivity (Wildman–Crippen MR) is 59.0 cm³/mol. The van der Waals surface area contributed by atoms with Crippen LogP contribution in [0.3, 0.4) is 0 Å². The van der Waals surface area contributed by atoms with Crippen LogP contribution < -0.4 is 0 Å². The van der Waals surface area contributed by atoms with Crippen molar-refractivity contribution in [3.63, 3.8) is 0 Å². The monoisotopic (exact) mass is 223 g/mol. The largest absolute Gasteiger partial charge is 0.278 e. The molecule has 1 aliphatic carbocycles. The molecule has 0 atom stereocenters. The summed E-state index contributed by atoms with van der Waals surface area (Å²) in [5.74, 6) is 0.900. The van der Waals surface area contributed by atoms with Gasteiger partial charge in [-0.05, 0) is 36.5 Å². The van der Waals surface area contributed by atoms with Gasteiger partial charge in [0.25, 0.3) is 0 Å². The number of aromatic amines is 1. The maximum absolute atomic E-state index is 5.19. The van der Waals surface area contributed by atoms with Crippen LogP contribution in [0.4, 0.5) is 0 Å². The van der Waals surface area contributed by atoms with Crippen molar-refractivity contribution in [1.82, 2.24) is 14.8 Å². The Balaban J connectivity index is 2.08. The number of aromatic nitrogens is 3. The van der Waals surface area contributed by atoms with Crippen LogP contribution in [0.25, 0.3) is 10.7 Å². The van der Waals surface area contributed by atoms with Gasteiger partial charge in [0.15, 0.2) is 5.82 Å². The smallest absolute Gasteiger partial charge is 0.216 e. The first-order valence-corrected chi connectivity index (χ1v) is 5.86. The molecule has 0 unspecified atom stereocenters. The first-order chi connectivity index (χ1) is 6.84. The number of hydrogen-bond donors (Lipinski definition) is 1. The zero-order valence-electron chi connectivity index (χ0n) is 7.43. The van der Waals surface area contributed by atoms with Crippen LogP contribution in [0.15, 0.2) is 17.5 Å². The van der Waals surface area contributed by atoms with Crippen molar-refractivity contribution in [2.45, 2.75) is 18.9 Å². The van der Waals surface area contributed by atoms with Gasteiger partial charge in [0.1, 0.15) is 0 Å². The molecule has 0 saturated heterocycles. The molecule has 0 radical (unpaired) electrons. The van der Waals surface area contributed by atoms with Crippen LogP contribution in [0, 0.1) is 4.77 Å². The lowest BCUT2D eigenvalue weighted by Crippen LogP contribution is -1.95. The minimum atomic E-state index is 0.573. The molecule has 0 spiro atoms. The summed E-state index contributed by atoms with van der Waals surface area (Å²) >= 11 is 6.87. The second kappa shape index (κ2) is 3.03. The highest BCUT2D eigenvalue weighted by atomic mass is 32.1. The SMILES string of the molecule is S=c1nc(-c2cccs2)[nH]n1C1CC1. The van der Waals surface area contributed by atoms with E-state index in [2.05, 4.69) is 16.1 Å². The Morgan fingerprint density at radius 2 is 2.43 bits per heavy atom. The highest BCUT2D eigenvalue weighted by molar-refractivity contribution is 7.71. The van der Waals surface area contributed by atoms with E-state index in [1.807, 2.05) is 16.1 Å². The number of nitrogens with one attached hydrogen (secondary N) is 1. The van der Waals surface area contributed by atoms with Gasteiger partial charge in [-0.1, -0.05) is 6.07 Å². The van der Waals surface area contributed by atoms with Crippen LogP contribution in [0.1, 0.15) is 18.9 Å². The second-order valence-corrected chi connectivity index (χ2v) is 4.75. The summed E-state index contributed by atoms with van der Waals surface area (Å²) in [5.41, 5.74) is 0. The standard InChI is InChI=1S/C9H9N3S2/c13-9-10-8(7-2-1-5-14-7)11-12(9)6-3-4-6/h1-2,5-6H,3-4H2,(H,10,11,13). The summed E-state index contributed by atoms with van der Waals surface area (Å²) in [7, 11) is 0. The third kappa shape index (κ3) is 1.33. The Bertz CT molecular complexity index is 490. The maximum Gasteiger partial charge on any atom is 0.216 e. The minimum Gasteiger partial charge on any atom is -0.278 e. The van der Waals surface area contributed by atoms with Gasteiger partial charge in [0.05, 0.1) is 10.9 Å². The summed E-state index contributed by atoms with van der Waals surface area (Å²) in [4.78, 5) is 5.50. The molecule has 2 aromatic rings. The summed E-state index contributed by atoms with van der Waals surface area (Å²) in [6.45, 7) is 0. The van der Waals surface area contributed by atoms with Crippen LogP contribution in [0.2, 0.25) is 0 Å². The molecule has 1 N–H and O–H groups in total. The van der Waals surface area contributed by atoms with Gasteiger partial charge in [0, 0.05) is 0 Å². The van der Waals surface area contributed by atoms with Crippen LogP contribution >= 0.6 is 23.6 Å². The summed E-state index contributed by atoms with van der Waals surface area (Å²) in [6.07, 6.45) is 2.45. The summed E-state index contributed by atoms with van der Waals surface area (Å²) in [5, 5.41) is 5.30. The van der Waals surface area contributed by atoms with Crippen molar-refractivity contribution in [2.75, 3.05) is 0 Å². The van der Waals surface area contributed by atoms with Crippen molar-refractivity contribution in [2.24, 2.45) is 0 Å². The molecule has 2 heterocycles. The molecular formula is C9H9N3S2. The fraction of sp³-hybridized carbons (Fsp3) is 0.333. The van der Waals surface area contributed by atoms with Gasteiger partial charge in [-0.2, -0.15) is 4.98 Å². The van der Waals surface area contributed by atoms with E-state index in [9.17, 15) is 0 Å². The lowest BCUT2D eigenvalue weighted by atomic mass is 10.4. The van der Waals surface area contributed by atoms with Crippen molar-refractivity contribution >= 4 is 23.6 Å². The van der Waals surface area contributed by atoms with E-state index < -0.39 is 0 Å². The fourth-order valence-electron chi connectivity index (χ4n) is 1.44. The number of thiophene rings is 1. The van der Waals surface area contributed by atoms with E-state index >= 15 is 0 Å². The fourth-order valence-corrected chi connectivity index (χ4v) is 2.39. The Labute approximate surface area is 90.4 Å². The maximum atomic E-state index is 5.19. The number of hydrogen-bond acceptors (Lipinski definition) is 3. The van der Waals surface area contributed by atoms with Crippen LogP contribution in [0.5, 0.6) is 0 Å². The molecule has 3 nitrogen and oxygen atoms in total. The first kappa shape index (κ1) is 8.38. The molecule has 1 aliphatic rings. The molecule has 3 rings (SSSR count). The van der Waals surface area contributed by atoms with Gasteiger partial charge >= 0.3 is 0 Å². The molecule has 1 fully saturated rings. The minimum absolute atomic E-state index is 0.573. The van der Waals surface area contributed by atoms with Gasteiger partial charge < -0.3 is 0 Å². The second-order valence-electron chi connectivity index (χ2n) is 3.43. The Hall–Kier alpha value is -0.940. The molecule has 0 amide bonds. The van der Waals surface area contributed by atoms with E-state index in [1.165, 1.54) is 12.8 Å². The Kier molecular flexibility index (Phi) is 1.81. The van der Waals surface area contributed by atoms with Crippen molar-refractivity contribution in [3.05, 3.63) is 22.3 Å². The molecular weight excluding hydrogens is 214 g/mol. The molecule has 0 bridgehead atoms. The Morgan fingerprint density at radius 3 is 3.07 bits per heavy atom. The third-order valence-corrected chi connectivity index (χ3v) is 3.47. The topological polar surface area (TPSA) is 33.6 Å². The zero-order valence-corrected chi connectivity index (χ0v) is 9.07. The van der Waals surface area contributed by atoms with Crippen molar-refractivity contribution in [3.8, 4) is 10.7 Å². The van der Waals surface area contributed by atoms with Crippen molar-refractivity contribution in [1.29, 1.82) is 0 Å². The molecule has 5 heteroatoms. The first-order valence-electron chi connectivity index (χ1n) is 4.57. The molecule has 2 aromatic heterocycles. The summed E-state index contributed by atoms with van der Waals surface area (Å²) < 4.78 is 2.68. The molecule has 0 aliphatic heterocycles. The van der Waals surface area contributed by atoms with Crippen molar-refractivity contribution < 1.29 is 0 Å². The number of nitrogens with zero attached hydrogens (tertiary/aromatic N) is 2. The van der Waals surface area contributed by atoms with E-state index in [0.29, 0.717) is 10.8 Å². The van der Waals surface area contributed by atoms with E-state index in [4.69, 9.17) is 12.2 Å². The molecule has 14 heavy (non-hydrogen) atoms. The van der Waals surface area contributed by atoms with Gasteiger partial charge in [-0.15, -0.1) is 11.3 Å². The average Bonchev–Trinajstić information content (AvgIpc) is 2.75. The molecule has 72 valence electrons. The lowest BCUT2D eigenvalue weighted by Gasteiger charge is -1.95. The van der Waals surface area contributed by atoms with Crippen LogP contribution in [-0.4, -0.2) is 14.8 Å². The predicted octanol–water partition coefficient (Wildman–Crippen LogP) is 3.00. The number of H-pyrrole nitrogens is 1.